The van der Waals surface area contributed by atoms with Crippen LogP contribution in [0.25, 0.3) is 0 Å². The van der Waals surface area contributed by atoms with E-state index < -0.39 is 8.32 Å². The largest absolute Gasteiger partial charge is 0.493 e. The number of carbonyl (C=O) groups excluding carboxylic acids is 1. The van der Waals surface area contributed by atoms with Crippen LogP contribution in [0.2, 0.25) is 18.1 Å². The highest BCUT2D eigenvalue weighted by molar-refractivity contribution is 6.74. The van der Waals surface area contributed by atoms with Crippen molar-refractivity contribution in [3.8, 4) is 5.75 Å². The number of para-hydroxylation sites is 1. The molecule has 3 aliphatic rings. The van der Waals surface area contributed by atoms with Crippen LogP contribution >= 0.6 is 0 Å². The van der Waals surface area contributed by atoms with Crippen LogP contribution in [0.1, 0.15) is 117 Å². The second-order valence-corrected chi connectivity index (χ2v) is 20.0. The minimum atomic E-state index is -2.13. The Kier molecular flexibility index (Phi) is 15.3. The van der Waals surface area contributed by atoms with Crippen LogP contribution < -0.4 is 4.74 Å². The number of rotatable bonds is 18. The summed E-state index contributed by atoms with van der Waals surface area (Å²) in [6, 6.07) is 8.42. The molecule has 47 heavy (non-hydrogen) atoms. The molecule has 2 heterocycles. The van der Waals surface area contributed by atoms with Gasteiger partial charge in [-0.15, -0.1) is 0 Å². The number of unbranched alkanes of at least 4 members (excludes halogenated alkanes) is 3. The maximum atomic E-state index is 12.3. The second kappa shape index (κ2) is 18.9. The highest BCUT2D eigenvalue weighted by Crippen LogP contribution is 2.48. The number of benzene rings is 1. The summed E-state index contributed by atoms with van der Waals surface area (Å²) in [5.74, 6) is 1.61. The summed E-state index contributed by atoms with van der Waals surface area (Å²) in [7, 11) is -2.13. The third kappa shape index (κ3) is 11.4. The van der Waals surface area contributed by atoms with Crippen LogP contribution in [0.5, 0.6) is 5.75 Å². The predicted octanol–water partition coefficient (Wildman–Crippen LogP) is 9.53. The van der Waals surface area contributed by atoms with Gasteiger partial charge in [0.15, 0.2) is 20.9 Å². The molecular weight excluding hydrogens is 609 g/mol. The van der Waals surface area contributed by atoms with E-state index >= 15 is 0 Å². The number of carbonyl (C=O) groups is 1. The fraction of sp³-hybridized carbons (Fsp3) is 0.769. The van der Waals surface area contributed by atoms with Crippen LogP contribution in [0.15, 0.2) is 36.1 Å². The normalized spacial score (nSPS) is 27.5. The Bertz CT molecular complexity index is 1090. The zero-order chi connectivity index (χ0) is 33.7. The van der Waals surface area contributed by atoms with E-state index in [0.717, 1.165) is 69.3 Å². The molecule has 0 radical (unpaired) electrons. The van der Waals surface area contributed by atoms with Gasteiger partial charge in [-0.3, -0.25) is 0 Å². The summed E-state index contributed by atoms with van der Waals surface area (Å²) in [4.78, 5) is 12.3. The van der Waals surface area contributed by atoms with Crippen LogP contribution in [0.3, 0.4) is 0 Å². The first-order chi connectivity index (χ1) is 22.6. The molecule has 0 amide bonds. The number of hydrogen-bond acceptors (Lipinski definition) is 7. The minimum Gasteiger partial charge on any atom is -0.493 e. The Hall–Kier alpha value is -1.71. The zero-order valence-electron chi connectivity index (χ0n) is 30.3. The first kappa shape index (κ1) is 38.1. The molecule has 2 unspecified atom stereocenters. The summed E-state index contributed by atoms with van der Waals surface area (Å²) in [5.41, 5.74) is 1.27. The summed E-state index contributed by atoms with van der Waals surface area (Å²) in [6.07, 6.45) is 16.2. The quantitative estimate of drug-likeness (QED) is 0.0666. The lowest BCUT2D eigenvalue weighted by Crippen LogP contribution is -2.45. The molecule has 266 valence electrons. The molecule has 1 aromatic rings. The molecule has 4 rings (SSSR count). The first-order valence-electron chi connectivity index (χ1n) is 18.7. The average Bonchev–Trinajstić information content (AvgIpc) is 3.37. The van der Waals surface area contributed by atoms with E-state index in [1.165, 1.54) is 31.2 Å². The van der Waals surface area contributed by atoms with Crippen LogP contribution in [-0.2, 0) is 34.6 Å². The van der Waals surface area contributed by atoms with E-state index in [1.807, 2.05) is 0 Å². The molecule has 2 aliphatic heterocycles. The highest BCUT2D eigenvalue weighted by Gasteiger charge is 2.51. The zero-order valence-corrected chi connectivity index (χ0v) is 31.3. The summed E-state index contributed by atoms with van der Waals surface area (Å²) < 4.78 is 39.2. The van der Waals surface area contributed by atoms with Gasteiger partial charge in [0.05, 0.1) is 25.4 Å². The number of hydrogen-bond donors (Lipinski definition) is 0. The molecule has 3 fully saturated rings. The van der Waals surface area contributed by atoms with Crippen molar-refractivity contribution in [3.63, 3.8) is 0 Å². The Morgan fingerprint density at radius 1 is 0.957 bits per heavy atom. The van der Waals surface area contributed by atoms with Crippen LogP contribution in [0.4, 0.5) is 0 Å². The summed E-state index contributed by atoms with van der Waals surface area (Å²) in [6.45, 7) is 15.6. The van der Waals surface area contributed by atoms with E-state index in [4.69, 9.17) is 28.1 Å². The van der Waals surface area contributed by atoms with Crippen molar-refractivity contribution in [1.29, 1.82) is 0 Å². The van der Waals surface area contributed by atoms with Crippen molar-refractivity contribution in [1.82, 2.24) is 0 Å². The van der Waals surface area contributed by atoms with Crippen molar-refractivity contribution in [2.45, 2.75) is 161 Å². The van der Waals surface area contributed by atoms with Gasteiger partial charge in [0.2, 0.25) is 0 Å². The Morgan fingerprint density at radius 3 is 2.34 bits per heavy atom. The van der Waals surface area contributed by atoms with Gasteiger partial charge in [-0.25, -0.2) is 0 Å². The predicted molar refractivity (Wildman–Crippen MR) is 190 cm³/mol. The molecule has 0 N–H and O–H groups in total. The third-order valence-corrected chi connectivity index (χ3v) is 15.1. The molecular formula is C39H64O7Si. The van der Waals surface area contributed by atoms with Crippen LogP contribution in [-0.4, -0.2) is 59.2 Å². The smallest absolute Gasteiger partial charge is 0.199 e. The van der Waals surface area contributed by atoms with Gasteiger partial charge in [-0.05, 0) is 87.2 Å². The molecule has 0 spiro atoms. The number of aryl methyl sites for hydroxylation is 1. The fourth-order valence-corrected chi connectivity index (χ4v) is 8.27. The molecule has 1 aliphatic carbocycles. The topological polar surface area (TPSA) is 72.5 Å². The molecule has 6 atom stereocenters. The summed E-state index contributed by atoms with van der Waals surface area (Å²) >= 11 is 0. The lowest BCUT2D eigenvalue weighted by molar-refractivity contribution is -0.201. The maximum absolute atomic E-state index is 12.3. The fourth-order valence-electron chi connectivity index (χ4n) is 6.89. The van der Waals surface area contributed by atoms with E-state index in [1.54, 1.807) is 0 Å². The number of aldehydes is 1. The van der Waals surface area contributed by atoms with Gasteiger partial charge in [0.25, 0.3) is 0 Å². The van der Waals surface area contributed by atoms with Crippen molar-refractivity contribution in [3.05, 3.63) is 41.7 Å². The van der Waals surface area contributed by atoms with Crippen LogP contribution in [0, 0.1) is 11.8 Å². The maximum Gasteiger partial charge on any atom is 0.199 e. The van der Waals surface area contributed by atoms with Crippen molar-refractivity contribution in [2.24, 2.45) is 11.8 Å². The van der Waals surface area contributed by atoms with Gasteiger partial charge in [0, 0.05) is 37.7 Å². The van der Waals surface area contributed by atoms with Gasteiger partial charge >= 0.3 is 0 Å². The number of ether oxygens (including phenoxy) is 5. The molecule has 2 saturated heterocycles. The molecule has 1 aromatic carbocycles. The van der Waals surface area contributed by atoms with Gasteiger partial charge in [0.1, 0.15) is 17.8 Å². The second-order valence-electron chi connectivity index (χ2n) is 15.3. The van der Waals surface area contributed by atoms with E-state index in [2.05, 4.69) is 71.1 Å². The van der Waals surface area contributed by atoms with Crippen molar-refractivity contribution in [2.75, 3.05) is 19.8 Å². The van der Waals surface area contributed by atoms with E-state index in [0.29, 0.717) is 32.5 Å². The minimum absolute atomic E-state index is 0.0500. The Labute approximate surface area is 286 Å². The van der Waals surface area contributed by atoms with Crippen molar-refractivity contribution >= 4 is 14.6 Å². The highest BCUT2D eigenvalue weighted by atomic mass is 28.4. The van der Waals surface area contributed by atoms with Gasteiger partial charge < -0.3 is 32.9 Å². The molecule has 0 bridgehead atoms. The standard InChI is InChI=1S/C39H64O7Si/c1-7-8-9-10-18-30-19-11-12-20-32(30)41-28-17-21-33(44-36-22-13-15-26-42-36)38-31(24-25-40)34(46-47(5,6)39(2,3)4)29-35(38)45-37-23-14-16-27-43-37/h11-12,19-21,25,31,34-38H,7-10,13-18,22-24,26-29H2,1-6H3/b33-21+/t31-,34-,35+,36?,37?,38+/m1/s1. The van der Waals surface area contributed by atoms with Crippen molar-refractivity contribution < 1.29 is 32.9 Å². The SMILES string of the molecule is CCCCCCc1ccccc1OCC/C=C(/OC1CCCCO1)[C@@H]1[C@H](CC=O)[C@H](O[Si](C)(C)C(C)(C)C)C[C@@H]1OC1CCCCO1. The lowest BCUT2D eigenvalue weighted by atomic mass is 9.88. The Balaban J connectivity index is 1.58. The molecule has 0 aromatic heterocycles. The molecule has 8 heteroatoms. The molecule has 1 saturated carbocycles. The average molecular weight is 673 g/mol. The monoisotopic (exact) mass is 672 g/mol. The Morgan fingerprint density at radius 2 is 1.68 bits per heavy atom. The van der Waals surface area contributed by atoms with Gasteiger partial charge in [-0.1, -0.05) is 65.2 Å². The van der Waals surface area contributed by atoms with E-state index in [9.17, 15) is 4.79 Å². The third-order valence-electron chi connectivity index (χ3n) is 10.6. The van der Waals surface area contributed by atoms with E-state index in [-0.39, 0.29) is 41.7 Å². The summed E-state index contributed by atoms with van der Waals surface area (Å²) in [5, 5.41) is 0.0500. The van der Waals surface area contributed by atoms with Gasteiger partial charge in [-0.2, -0.15) is 0 Å². The first-order valence-corrected chi connectivity index (χ1v) is 21.6. The lowest BCUT2D eigenvalue weighted by Gasteiger charge is -2.40. The molecule has 7 nitrogen and oxygen atoms in total.